The molecule has 0 saturated carbocycles. The fourth-order valence-electron chi connectivity index (χ4n) is 7.10. The van der Waals surface area contributed by atoms with Gasteiger partial charge >= 0.3 is 11.7 Å². The van der Waals surface area contributed by atoms with Crippen molar-refractivity contribution in [3.05, 3.63) is 100.0 Å². The molecule has 0 spiro atoms. The maximum atomic E-state index is 14.1. The second kappa shape index (κ2) is 17.2. The van der Waals surface area contributed by atoms with Crippen LogP contribution in [0.3, 0.4) is 0 Å². The van der Waals surface area contributed by atoms with Gasteiger partial charge < -0.3 is 14.4 Å². The number of benzene rings is 2. The Kier molecular flexibility index (Phi) is 14.0. The Bertz CT molecular complexity index is 1660. The summed E-state index contributed by atoms with van der Waals surface area (Å²) in [6, 6.07) is 18.7. The van der Waals surface area contributed by atoms with Crippen LogP contribution in [0.5, 0.6) is 0 Å². The third-order valence-corrected chi connectivity index (χ3v) is 9.13. The molecule has 2 atom stereocenters. The van der Waals surface area contributed by atoms with Crippen molar-refractivity contribution >= 4 is 41.8 Å². The SMILES string of the molecule is COCC(=O)O[C@]1(CCN(C)CCCCn2c(=O)n(Cc3ccccn3)c3ccccc32)CCc2cc(F)ccc2[C@@H]1C(C)C.Cl.Cl. The molecule has 2 heterocycles. The number of carbonyl (C=O) groups excluding carboxylic acids is 1. The standard InChI is InChI=1S/C36H45FN4O4.2ClH/c1-26(2)34-30-15-14-28(37)23-27(30)16-17-36(34,45-33(42)25-44-4)18-22-39(3)20-9-10-21-40-31-12-5-6-13-32(31)41(35(40)43)24-29-11-7-8-19-38-29;;/h5-8,11-15,19,23,26,34H,9-10,16-18,20-22,24-25H2,1-4H3;2*1H/t34-,36-;;/m0../s1. The van der Waals surface area contributed by atoms with Crippen molar-refractivity contribution in [2.24, 2.45) is 5.92 Å². The summed E-state index contributed by atoms with van der Waals surface area (Å²) in [5.74, 6) is -0.469. The Morgan fingerprint density at radius 2 is 1.77 bits per heavy atom. The average Bonchev–Trinajstić information content (AvgIpc) is 3.28. The molecule has 0 aliphatic heterocycles. The maximum absolute atomic E-state index is 14.1. The number of methoxy groups -OCH3 is 1. The Hall–Kier alpha value is -3.24. The van der Waals surface area contributed by atoms with Crippen LogP contribution in [0.2, 0.25) is 0 Å². The molecule has 2 aromatic carbocycles. The highest BCUT2D eigenvalue weighted by atomic mass is 35.5. The number of hydrogen-bond acceptors (Lipinski definition) is 6. The third kappa shape index (κ3) is 8.82. The van der Waals surface area contributed by atoms with E-state index < -0.39 is 5.60 Å². The van der Waals surface area contributed by atoms with Crippen molar-refractivity contribution in [2.45, 2.75) is 70.6 Å². The highest BCUT2D eigenvalue weighted by molar-refractivity contribution is 5.85. The van der Waals surface area contributed by atoms with Gasteiger partial charge in [0.15, 0.2) is 0 Å². The zero-order valence-corrected chi connectivity index (χ0v) is 29.3. The summed E-state index contributed by atoms with van der Waals surface area (Å²) in [5.41, 5.74) is 4.04. The number of unbranched alkanes of at least 4 members (excludes halogenated alkanes) is 1. The van der Waals surface area contributed by atoms with Crippen molar-refractivity contribution in [1.82, 2.24) is 19.0 Å². The first-order chi connectivity index (χ1) is 21.7. The number of halogens is 3. The minimum absolute atomic E-state index is 0. The number of fused-ring (bicyclic) bond motifs is 2. The summed E-state index contributed by atoms with van der Waals surface area (Å²) in [4.78, 5) is 33.0. The Labute approximate surface area is 289 Å². The maximum Gasteiger partial charge on any atom is 0.332 e. The van der Waals surface area contributed by atoms with Crippen molar-refractivity contribution in [3.63, 3.8) is 0 Å². The second-order valence-electron chi connectivity index (χ2n) is 12.6. The average molecular weight is 690 g/mol. The lowest BCUT2D eigenvalue weighted by Crippen LogP contribution is -2.49. The van der Waals surface area contributed by atoms with E-state index in [-0.39, 0.29) is 60.7 Å². The number of para-hydroxylation sites is 2. The molecule has 0 unspecified atom stereocenters. The van der Waals surface area contributed by atoms with Crippen LogP contribution >= 0.6 is 24.8 Å². The molecular weight excluding hydrogens is 642 g/mol. The number of hydrogen-bond donors (Lipinski definition) is 0. The third-order valence-electron chi connectivity index (χ3n) is 9.13. The van der Waals surface area contributed by atoms with Gasteiger partial charge in [-0.2, -0.15) is 0 Å². The van der Waals surface area contributed by atoms with E-state index in [1.165, 1.54) is 13.2 Å². The van der Waals surface area contributed by atoms with Gasteiger partial charge in [0, 0.05) is 38.7 Å². The molecule has 8 nitrogen and oxygen atoms in total. The first kappa shape index (κ1) is 38.2. The van der Waals surface area contributed by atoms with Gasteiger partial charge in [-0.3, -0.25) is 14.1 Å². The highest BCUT2D eigenvalue weighted by Crippen LogP contribution is 2.48. The zero-order chi connectivity index (χ0) is 32.0. The van der Waals surface area contributed by atoms with E-state index >= 15 is 0 Å². The summed E-state index contributed by atoms with van der Waals surface area (Å²) >= 11 is 0. The van der Waals surface area contributed by atoms with E-state index in [9.17, 15) is 14.0 Å². The number of aromatic nitrogens is 3. The lowest BCUT2D eigenvalue weighted by molar-refractivity contribution is -0.172. The smallest absolute Gasteiger partial charge is 0.332 e. The summed E-state index contributed by atoms with van der Waals surface area (Å²) in [5, 5.41) is 0. The molecule has 5 rings (SSSR count). The monoisotopic (exact) mass is 688 g/mol. The lowest BCUT2D eigenvalue weighted by atomic mass is 9.65. The van der Waals surface area contributed by atoms with Gasteiger partial charge in [0.05, 0.1) is 23.3 Å². The molecule has 2 aromatic heterocycles. The number of esters is 1. The van der Waals surface area contributed by atoms with Crippen LogP contribution in [0.25, 0.3) is 11.0 Å². The Morgan fingerprint density at radius 1 is 1.04 bits per heavy atom. The zero-order valence-electron chi connectivity index (χ0n) is 27.7. The van der Waals surface area contributed by atoms with Crippen LogP contribution in [0.4, 0.5) is 4.39 Å². The molecular formula is C36H47Cl2FN4O4. The first-order valence-corrected chi connectivity index (χ1v) is 16.0. The topological polar surface area (TPSA) is 78.6 Å². The number of carbonyl (C=O) groups is 1. The number of nitrogens with zero attached hydrogens (tertiary/aromatic N) is 4. The van der Waals surface area contributed by atoms with Crippen LogP contribution in [-0.2, 0) is 33.8 Å². The summed E-state index contributed by atoms with van der Waals surface area (Å²) < 4.78 is 29.2. The van der Waals surface area contributed by atoms with Crippen LogP contribution < -0.4 is 5.69 Å². The molecule has 0 saturated heterocycles. The van der Waals surface area contributed by atoms with E-state index in [0.29, 0.717) is 32.4 Å². The molecule has 256 valence electrons. The number of imidazole rings is 1. The summed E-state index contributed by atoms with van der Waals surface area (Å²) in [7, 11) is 3.58. The fourth-order valence-corrected chi connectivity index (χ4v) is 7.10. The highest BCUT2D eigenvalue weighted by Gasteiger charge is 2.47. The van der Waals surface area contributed by atoms with Gasteiger partial charge in [-0.1, -0.05) is 38.1 Å². The lowest BCUT2D eigenvalue weighted by Gasteiger charge is -2.47. The predicted molar refractivity (Wildman–Crippen MR) is 188 cm³/mol. The van der Waals surface area contributed by atoms with Gasteiger partial charge in [0.2, 0.25) is 0 Å². The van der Waals surface area contributed by atoms with E-state index in [2.05, 4.69) is 30.8 Å². The summed E-state index contributed by atoms with van der Waals surface area (Å²) in [6.07, 6.45) is 5.47. The summed E-state index contributed by atoms with van der Waals surface area (Å²) in [6.45, 7) is 6.83. The molecule has 1 aliphatic carbocycles. The van der Waals surface area contributed by atoms with Gasteiger partial charge in [-0.05, 0) is 92.7 Å². The van der Waals surface area contributed by atoms with Crippen LogP contribution in [0.15, 0.2) is 71.7 Å². The van der Waals surface area contributed by atoms with Crippen LogP contribution in [0, 0.1) is 11.7 Å². The fraction of sp³-hybridized carbons (Fsp3) is 0.472. The van der Waals surface area contributed by atoms with Gasteiger partial charge in [-0.15, -0.1) is 24.8 Å². The van der Waals surface area contributed by atoms with Crippen molar-refractivity contribution in [1.29, 1.82) is 0 Å². The van der Waals surface area contributed by atoms with Gasteiger partial charge in [-0.25, -0.2) is 14.0 Å². The molecule has 4 aromatic rings. The van der Waals surface area contributed by atoms with E-state index in [1.807, 2.05) is 53.1 Å². The number of ether oxygens (including phenoxy) is 2. The van der Waals surface area contributed by atoms with E-state index in [1.54, 1.807) is 16.8 Å². The van der Waals surface area contributed by atoms with Crippen molar-refractivity contribution in [2.75, 3.05) is 33.9 Å². The Balaban J connectivity index is 0.00000300. The minimum Gasteiger partial charge on any atom is -0.457 e. The molecule has 1 aliphatic rings. The molecule has 0 bridgehead atoms. The van der Waals surface area contributed by atoms with E-state index in [4.69, 9.17) is 9.47 Å². The molecule has 0 fully saturated rings. The molecule has 0 amide bonds. The molecule has 0 N–H and O–H groups in total. The molecule has 0 radical (unpaired) electrons. The Morgan fingerprint density at radius 3 is 2.45 bits per heavy atom. The quantitative estimate of drug-likeness (QED) is 0.109. The number of rotatable bonds is 14. The molecule has 47 heavy (non-hydrogen) atoms. The number of pyridine rings is 1. The van der Waals surface area contributed by atoms with Crippen molar-refractivity contribution in [3.8, 4) is 0 Å². The van der Waals surface area contributed by atoms with Crippen LogP contribution in [-0.4, -0.2) is 64.4 Å². The minimum atomic E-state index is -0.703. The predicted octanol–water partition coefficient (Wildman–Crippen LogP) is 6.65. The van der Waals surface area contributed by atoms with E-state index in [0.717, 1.165) is 53.8 Å². The first-order valence-electron chi connectivity index (χ1n) is 16.0. The normalized spacial score (nSPS) is 17.3. The number of aryl methyl sites for hydroxylation is 2. The largest absolute Gasteiger partial charge is 0.457 e. The van der Waals surface area contributed by atoms with Crippen molar-refractivity contribution < 1.29 is 18.7 Å². The van der Waals surface area contributed by atoms with Crippen LogP contribution in [0.1, 0.15) is 62.3 Å². The molecule has 11 heteroatoms. The van der Waals surface area contributed by atoms with Gasteiger partial charge in [0.25, 0.3) is 0 Å². The van der Waals surface area contributed by atoms with Gasteiger partial charge in [0.1, 0.15) is 18.0 Å². The second-order valence-corrected chi connectivity index (χ2v) is 12.6.